The molecule has 4 nitrogen and oxygen atoms in total. The molecule has 19 heavy (non-hydrogen) atoms. The van der Waals surface area contributed by atoms with Crippen LogP contribution in [0.1, 0.15) is 15.9 Å². The van der Waals surface area contributed by atoms with Crippen molar-refractivity contribution in [2.45, 2.75) is 6.92 Å². The van der Waals surface area contributed by atoms with Gasteiger partial charge in [0.2, 0.25) is 0 Å². The van der Waals surface area contributed by atoms with E-state index in [-0.39, 0.29) is 11.3 Å². The van der Waals surface area contributed by atoms with E-state index in [0.29, 0.717) is 16.4 Å². The molecular weight excluding hydrogens is 264 g/mol. The monoisotopic (exact) mass is 276 g/mol. The zero-order valence-electron chi connectivity index (χ0n) is 10.3. The van der Waals surface area contributed by atoms with E-state index < -0.39 is 5.91 Å². The van der Waals surface area contributed by atoms with E-state index in [1.165, 1.54) is 18.2 Å². The van der Waals surface area contributed by atoms with E-state index in [0.717, 1.165) is 5.56 Å². The number of carbonyl (C=O) groups is 1. The smallest absolute Gasteiger partial charge is 0.259 e. The summed E-state index contributed by atoms with van der Waals surface area (Å²) in [5.41, 5.74) is 7.88. The predicted octanol–water partition coefficient (Wildman–Crippen LogP) is 3.19. The van der Waals surface area contributed by atoms with E-state index in [1.807, 2.05) is 13.0 Å². The van der Waals surface area contributed by atoms with Crippen LogP contribution < -0.4 is 11.1 Å². The Bertz CT molecular complexity index is 641. The van der Waals surface area contributed by atoms with Gasteiger partial charge in [-0.15, -0.1) is 0 Å². The molecular formula is C14H13ClN2O2. The molecule has 4 N–H and O–H groups in total. The molecule has 0 fully saturated rings. The van der Waals surface area contributed by atoms with E-state index in [1.54, 1.807) is 12.1 Å². The number of anilines is 2. The zero-order chi connectivity index (χ0) is 14.0. The van der Waals surface area contributed by atoms with Crippen LogP contribution in [-0.2, 0) is 0 Å². The third-order valence-corrected chi connectivity index (χ3v) is 2.89. The molecule has 0 aromatic heterocycles. The van der Waals surface area contributed by atoms with E-state index in [9.17, 15) is 9.90 Å². The molecule has 0 unspecified atom stereocenters. The molecule has 0 heterocycles. The number of benzene rings is 2. The maximum Gasteiger partial charge on any atom is 0.259 e. The summed E-state index contributed by atoms with van der Waals surface area (Å²) in [6.45, 7) is 1.91. The SMILES string of the molecule is Cc1ccc(NC(=O)c2cc(Cl)ccc2O)c(N)c1. The fraction of sp³-hybridized carbons (Fsp3) is 0.0714. The molecule has 0 radical (unpaired) electrons. The van der Waals surface area contributed by atoms with Gasteiger partial charge >= 0.3 is 0 Å². The average Bonchev–Trinajstić information content (AvgIpc) is 2.35. The maximum atomic E-state index is 12.0. The summed E-state index contributed by atoms with van der Waals surface area (Å²) < 4.78 is 0. The topological polar surface area (TPSA) is 75.3 Å². The van der Waals surface area contributed by atoms with Crippen molar-refractivity contribution >= 4 is 28.9 Å². The van der Waals surface area contributed by atoms with E-state index >= 15 is 0 Å². The first kappa shape index (κ1) is 13.2. The minimum atomic E-state index is -0.462. The second-order valence-corrected chi connectivity index (χ2v) is 4.64. The third-order valence-electron chi connectivity index (χ3n) is 2.66. The number of amides is 1. The molecule has 0 saturated carbocycles. The number of halogens is 1. The summed E-state index contributed by atoms with van der Waals surface area (Å²) >= 11 is 5.80. The van der Waals surface area contributed by atoms with Crippen LogP contribution in [0.5, 0.6) is 5.75 Å². The molecule has 0 aliphatic carbocycles. The summed E-state index contributed by atoms with van der Waals surface area (Å²) in [4.78, 5) is 12.0. The Morgan fingerprint density at radius 3 is 2.68 bits per heavy atom. The van der Waals surface area contributed by atoms with Crippen LogP contribution in [0, 0.1) is 6.92 Å². The van der Waals surface area contributed by atoms with Crippen LogP contribution in [0.15, 0.2) is 36.4 Å². The number of aromatic hydroxyl groups is 1. The van der Waals surface area contributed by atoms with Gasteiger partial charge in [-0.1, -0.05) is 17.7 Å². The summed E-state index contributed by atoms with van der Waals surface area (Å²) in [6.07, 6.45) is 0. The van der Waals surface area contributed by atoms with E-state index in [2.05, 4.69) is 5.32 Å². The molecule has 1 amide bonds. The Kier molecular flexibility index (Phi) is 3.62. The number of phenols is 1. The van der Waals surface area contributed by atoms with Crippen LogP contribution in [0.3, 0.4) is 0 Å². The number of rotatable bonds is 2. The molecule has 5 heteroatoms. The van der Waals surface area contributed by atoms with Crippen LogP contribution in [0.4, 0.5) is 11.4 Å². The van der Waals surface area contributed by atoms with Gasteiger partial charge in [0.25, 0.3) is 5.91 Å². The molecule has 98 valence electrons. The number of phenolic OH excluding ortho intramolecular Hbond substituents is 1. The highest BCUT2D eigenvalue weighted by Crippen LogP contribution is 2.24. The molecule has 2 rings (SSSR count). The van der Waals surface area contributed by atoms with Gasteiger partial charge in [0.1, 0.15) is 5.75 Å². The van der Waals surface area contributed by atoms with Crippen molar-refractivity contribution in [3.05, 3.63) is 52.5 Å². The Labute approximate surface area is 115 Å². The Morgan fingerprint density at radius 2 is 2.00 bits per heavy atom. The maximum absolute atomic E-state index is 12.0. The minimum absolute atomic E-state index is 0.104. The van der Waals surface area contributed by atoms with Crippen LogP contribution in [0.2, 0.25) is 5.02 Å². The fourth-order valence-corrected chi connectivity index (χ4v) is 1.85. The first-order valence-electron chi connectivity index (χ1n) is 5.63. The van der Waals surface area contributed by atoms with Crippen molar-refractivity contribution in [1.82, 2.24) is 0 Å². The molecule has 2 aromatic rings. The Morgan fingerprint density at radius 1 is 1.26 bits per heavy atom. The average molecular weight is 277 g/mol. The minimum Gasteiger partial charge on any atom is -0.507 e. The lowest BCUT2D eigenvalue weighted by Gasteiger charge is -2.10. The number of carbonyl (C=O) groups excluding carboxylic acids is 1. The lowest BCUT2D eigenvalue weighted by atomic mass is 10.1. The van der Waals surface area contributed by atoms with Crippen LogP contribution >= 0.6 is 11.6 Å². The molecule has 0 bridgehead atoms. The Balaban J connectivity index is 2.28. The highest BCUT2D eigenvalue weighted by molar-refractivity contribution is 6.31. The van der Waals surface area contributed by atoms with Crippen molar-refractivity contribution in [3.8, 4) is 5.75 Å². The molecule has 0 atom stereocenters. The molecule has 0 aliphatic heterocycles. The second-order valence-electron chi connectivity index (χ2n) is 4.21. The molecule has 0 spiro atoms. The summed E-state index contributed by atoms with van der Waals surface area (Å²) in [5.74, 6) is -0.594. The largest absolute Gasteiger partial charge is 0.507 e. The number of nitrogens with two attached hydrogens (primary N) is 1. The van der Waals surface area contributed by atoms with Gasteiger partial charge in [-0.05, 0) is 42.8 Å². The van der Waals surface area contributed by atoms with Gasteiger partial charge in [0.15, 0.2) is 0 Å². The number of hydrogen-bond donors (Lipinski definition) is 3. The fourth-order valence-electron chi connectivity index (χ4n) is 1.68. The van der Waals surface area contributed by atoms with Gasteiger partial charge in [0.05, 0.1) is 16.9 Å². The zero-order valence-corrected chi connectivity index (χ0v) is 11.0. The van der Waals surface area contributed by atoms with Gasteiger partial charge in [0, 0.05) is 5.02 Å². The first-order valence-corrected chi connectivity index (χ1v) is 6.01. The van der Waals surface area contributed by atoms with Crippen LogP contribution in [0.25, 0.3) is 0 Å². The van der Waals surface area contributed by atoms with Crippen molar-refractivity contribution < 1.29 is 9.90 Å². The van der Waals surface area contributed by atoms with Crippen molar-refractivity contribution in [2.75, 3.05) is 11.1 Å². The second kappa shape index (κ2) is 5.20. The standard InChI is InChI=1S/C14H13ClN2O2/c1-8-2-4-12(11(16)6-8)17-14(19)10-7-9(15)3-5-13(10)18/h2-7,18H,16H2,1H3,(H,17,19). The van der Waals surface area contributed by atoms with Gasteiger partial charge < -0.3 is 16.2 Å². The number of hydrogen-bond acceptors (Lipinski definition) is 3. The summed E-state index contributed by atoms with van der Waals surface area (Å²) in [5, 5.41) is 12.7. The first-order chi connectivity index (χ1) is 8.97. The van der Waals surface area contributed by atoms with Gasteiger partial charge in [-0.2, -0.15) is 0 Å². The van der Waals surface area contributed by atoms with Gasteiger partial charge in [-0.25, -0.2) is 0 Å². The van der Waals surface area contributed by atoms with E-state index in [4.69, 9.17) is 17.3 Å². The van der Waals surface area contributed by atoms with Crippen molar-refractivity contribution in [2.24, 2.45) is 0 Å². The van der Waals surface area contributed by atoms with Crippen molar-refractivity contribution in [1.29, 1.82) is 0 Å². The molecule has 2 aromatic carbocycles. The molecule has 0 saturated heterocycles. The number of nitrogens with one attached hydrogen (secondary N) is 1. The summed E-state index contributed by atoms with van der Waals surface area (Å²) in [7, 11) is 0. The predicted molar refractivity (Wildman–Crippen MR) is 76.7 cm³/mol. The highest BCUT2D eigenvalue weighted by atomic mass is 35.5. The normalized spacial score (nSPS) is 10.2. The quantitative estimate of drug-likeness (QED) is 0.737. The highest BCUT2D eigenvalue weighted by Gasteiger charge is 2.13. The van der Waals surface area contributed by atoms with Crippen molar-refractivity contribution in [3.63, 3.8) is 0 Å². The Hall–Kier alpha value is -2.20. The molecule has 0 aliphatic rings. The number of nitrogen functional groups attached to an aromatic ring is 1. The number of aryl methyl sites for hydroxylation is 1. The lowest BCUT2D eigenvalue weighted by molar-refractivity contribution is 0.102. The van der Waals surface area contributed by atoms with Gasteiger partial charge in [-0.3, -0.25) is 4.79 Å². The van der Waals surface area contributed by atoms with Crippen LogP contribution in [-0.4, -0.2) is 11.0 Å². The summed E-state index contributed by atoms with van der Waals surface area (Å²) in [6, 6.07) is 9.58. The third kappa shape index (κ3) is 2.98. The lowest BCUT2D eigenvalue weighted by Crippen LogP contribution is -2.13.